The van der Waals surface area contributed by atoms with E-state index in [4.69, 9.17) is 15.6 Å². The van der Waals surface area contributed by atoms with Crippen LogP contribution >= 0.6 is 0 Å². The molecule has 0 saturated carbocycles. The number of carboxylic acid groups (broad SMARTS) is 1. The Bertz CT molecular complexity index is 454. The molecule has 5 heteroatoms. The Kier molecular flexibility index (Phi) is 4.09. The van der Waals surface area contributed by atoms with Gasteiger partial charge in [-0.2, -0.15) is 0 Å². The van der Waals surface area contributed by atoms with Crippen LogP contribution in [0.15, 0.2) is 12.1 Å². The quantitative estimate of drug-likeness (QED) is 0.612. The second kappa shape index (κ2) is 5.34. The third kappa shape index (κ3) is 3.48. The van der Waals surface area contributed by atoms with Crippen molar-refractivity contribution in [3.63, 3.8) is 0 Å². The first-order chi connectivity index (χ1) is 7.91. The van der Waals surface area contributed by atoms with E-state index in [-0.39, 0.29) is 13.0 Å². The molecule has 0 aliphatic heterocycles. The smallest absolute Gasteiger partial charge is 0.338 e. The van der Waals surface area contributed by atoms with Gasteiger partial charge in [0.25, 0.3) is 0 Å². The minimum atomic E-state index is -1.00. The number of aliphatic carboxylic acids is 1. The van der Waals surface area contributed by atoms with E-state index >= 15 is 0 Å². The van der Waals surface area contributed by atoms with Gasteiger partial charge in [-0.25, -0.2) is 4.79 Å². The highest BCUT2D eigenvalue weighted by Crippen LogP contribution is 2.18. The molecule has 0 bridgehead atoms. The monoisotopic (exact) mass is 237 g/mol. The van der Waals surface area contributed by atoms with Gasteiger partial charge in [0.1, 0.15) is 6.61 Å². The average molecular weight is 237 g/mol. The van der Waals surface area contributed by atoms with E-state index in [0.717, 1.165) is 11.1 Å². The van der Waals surface area contributed by atoms with Gasteiger partial charge in [0.15, 0.2) is 0 Å². The fraction of sp³-hybridized carbons (Fsp3) is 0.333. The number of carbonyl (C=O) groups excluding carboxylic acids is 1. The maximum Gasteiger partial charge on any atom is 0.338 e. The lowest BCUT2D eigenvalue weighted by molar-refractivity contribution is -0.137. The Labute approximate surface area is 99.2 Å². The van der Waals surface area contributed by atoms with Crippen LogP contribution < -0.4 is 5.73 Å². The summed E-state index contributed by atoms with van der Waals surface area (Å²) in [6, 6.07) is 3.34. The number of benzene rings is 1. The Morgan fingerprint density at radius 3 is 2.53 bits per heavy atom. The number of aryl methyl sites for hydroxylation is 2. The minimum Gasteiger partial charge on any atom is -0.481 e. The third-order valence-electron chi connectivity index (χ3n) is 2.38. The van der Waals surface area contributed by atoms with Crippen molar-refractivity contribution >= 4 is 17.6 Å². The number of carbonyl (C=O) groups is 2. The summed E-state index contributed by atoms with van der Waals surface area (Å²) in [7, 11) is 0. The zero-order chi connectivity index (χ0) is 13.0. The molecule has 5 nitrogen and oxygen atoms in total. The van der Waals surface area contributed by atoms with Gasteiger partial charge in [0.05, 0.1) is 12.0 Å². The lowest BCUT2D eigenvalue weighted by Crippen LogP contribution is -2.11. The number of hydrogen-bond acceptors (Lipinski definition) is 4. The summed E-state index contributed by atoms with van der Waals surface area (Å²) in [6.45, 7) is 3.49. The molecular formula is C12H15NO4. The van der Waals surface area contributed by atoms with Crippen LogP contribution in [-0.4, -0.2) is 23.7 Å². The molecule has 0 unspecified atom stereocenters. The van der Waals surface area contributed by atoms with E-state index in [2.05, 4.69) is 0 Å². The van der Waals surface area contributed by atoms with Crippen molar-refractivity contribution in [1.29, 1.82) is 0 Å². The zero-order valence-corrected chi connectivity index (χ0v) is 9.82. The van der Waals surface area contributed by atoms with E-state index in [1.54, 1.807) is 19.1 Å². The van der Waals surface area contributed by atoms with Crippen LogP contribution in [0.5, 0.6) is 0 Å². The van der Waals surface area contributed by atoms with Crippen LogP contribution in [0.1, 0.15) is 27.9 Å². The van der Waals surface area contributed by atoms with Gasteiger partial charge in [-0.05, 0) is 31.0 Å². The molecule has 0 amide bonds. The molecule has 17 heavy (non-hydrogen) atoms. The lowest BCUT2D eigenvalue weighted by atomic mass is 10.0. The highest BCUT2D eigenvalue weighted by Gasteiger charge is 2.12. The predicted molar refractivity (Wildman–Crippen MR) is 62.9 cm³/mol. The molecule has 92 valence electrons. The van der Waals surface area contributed by atoms with Crippen molar-refractivity contribution in [1.82, 2.24) is 0 Å². The molecule has 1 aromatic carbocycles. The zero-order valence-electron chi connectivity index (χ0n) is 9.82. The Morgan fingerprint density at radius 1 is 1.29 bits per heavy atom. The SMILES string of the molecule is Cc1cc(C)c(C(=O)OCCC(=O)O)cc1N. The van der Waals surface area contributed by atoms with Crippen LogP contribution in [0.25, 0.3) is 0 Å². The average Bonchev–Trinajstić information content (AvgIpc) is 2.22. The summed E-state index contributed by atoms with van der Waals surface area (Å²) < 4.78 is 4.84. The maximum absolute atomic E-state index is 11.6. The van der Waals surface area contributed by atoms with Gasteiger partial charge in [-0.1, -0.05) is 6.07 Å². The molecule has 0 fully saturated rings. The lowest BCUT2D eigenvalue weighted by Gasteiger charge is -2.09. The highest BCUT2D eigenvalue weighted by atomic mass is 16.5. The third-order valence-corrected chi connectivity index (χ3v) is 2.38. The van der Waals surface area contributed by atoms with E-state index in [0.29, 0.717) is 11.3 Å². The maximum atomic E-state index is 11.6. The first kappa shape index (κ1) is 13.0. The van der Waals surface area contributed by atoms with Crippen LogP contribution in [0.4, 0.5) is 5.69 Å². The van der Waals surface area contributed by atoms with Gasteiger partial charge in [0, 0.05) is 5.69 Å². The summed E-state index contributed by atoms with van der Waals surface area (Å²) >= 11 is 0. The van der Waals surface area contributed by atoms with Gasteiger partial charge in [-0.15, -0.1) is 0 Å². The number of rotatable bonds is 4. The summed E-state index contributed by atoms with van der Waals surface area (Å²) in [5, 5.41) is 8.42. The molecule has 0 aliphatic carbocycles. The topological polar surface area (TPSA) is 89.6 Å². The predicted octanol–water partition coefficient (Wildman–Crippen LogP) is 1.52. The number of esters is 1. The van der Waals surface area contributed by atoms with Crippen LogP contribution in [0.2, 0.25) is 0 Å². The van der Waals surface area contributed by atoms with Crippen molar-refractivity contribution in [3.05, 3.63) is 28.8 Å². The molecule has 0 saturated heterocycles. The van der Waals surface area contributed by atoms with E-state index in [1.165, 1.54) is 0 Å². The second-order valence-electron chi connectivity index (χ2n) is 3.80. The minimum absolute atomic E-state index is 0.138. The molecule has 0 aliphatic rings. The Morgan fingerprint density at radius 2 is 1.94 bits per heavy atom. The van der Waals surface area contributed by atoms with Gasteiger partial charge in [-0.3, -0.25) is 4.79 Å². The normalized spacial score (nSPS) is 10.0. The number of ether oxygens (including phenoxy) is 1. The largest absolute Gasteiger partial charge is 0.481 e. The van der Waals surface area contributed by atoms with E-state index < -0.39 is 11.9 Å². The molecular weight excluding hydrogens is 222 g/mol. The second-order valence-corrected chi connectivity index (χ2v) is 3.80. The van der Waals surface area contributed by atoms with Gasteiger partial charge in [0.2, 0.25) is 0 Å². The number of hydrogen-bond donors (Lipinski definition) is 2. The summed E-state index contributed by atoms with van der Waals surface area (Å²) in [5.41, 5.74) is 8.24. The fourth-order valence-electron chi connectivity index (χ4n) is 1.40. The number of nitrogen functional groups attached to an aromatic ring is 1. The van der Waals surface area contributed by atoms with Crippen molar-refractivity contribution in [2.45, 2.75) is 20.3 Å². The fourth-order valence-corrected chi connectivity index (χ4v) is 1.40. The Balaban J connectivity index is 2.75. The standard InChI is InChI=1S/C12H15NO4/c1-7-5-8(2)10(13)6-9(7)12(16)17-4-3-11(14)15/h5-6H,3-4,13H2,1-2H3,(H,14,15). The van der Waals surface area contributed by atoms with Crippen LogP contribution in [0, 0.1) is 13.8 Å². The number of nitrogens with two attached hydrogens (primary N) is 1. The van der Waals surface area contributed by atoms with E-state index in [9.17, 15) is 9.59 Å². The van der Waals surface area contributed by atoms with Crippen LogP contribution in [0.3, 0.4) is 0 Å². The summed E-state index contributed by atoms with van der Waals surface area (Å²) in [6.07, 6.45) is -0.202. The molecule has 0 radical (unpaired) electrons. The molecule has 0 heterocycles. The summed E-state index contributed by atoms with van der Waals surface area (Å²) in [4.78, 5) is 21.9. The number of carboxylic acids is 1. The van der Waals surface area contributed by atoms with Crippen molar-refractivity contribution in [3.8, 4) is 0 Å². The van der Waals surface area contributed by atoms with Crippen LogP contribution in [-0.2, 0) is 9.53 Å². The molecule has 0 atom stereocenters. The molecule has 1 rings (SSSR count). The number of anilines is 1. The first-order valence-corrected chi connectivity index (χ1v) is 5.17. The van der Waals surface area contributed by atoms with E-state index in [1.807, 2.05) is 6.92 Å². The molecule has 3 N–H and O–H groups in total. The van der Waals surface area contributed by atoms with Gasteiger partial charge >= 0.3 is 11.9 Å². The van der Waals surface area contributed by atoms with Crippen molar-refractivity contribution < 1.29 is 19.4 Å². The van der Waals surface area contributed by atoms with Crippen molar-refractivity contribution in [2.24, 2.45) is 0 Å². The van der Waals surface area contributed by atoms with Gasteiger partial charge < -0.3 is 15.6 Å². The first-order valence-electron chi connectivity index (χ1n) is 5.17. The Hall–Kier alpha value is -2.04. The molecule has 0 spiro atoms. The summed E-state index contributed by atoms with van der Waals surface area (Å²) in [5.74, 6) is -1.55. The molecule has 0 aromatic heterocycles. The molecule has 1 aromatic rings. The van der Waals surface area contributed by atoms with Crippen molar-refractivity contribution in [2.75, 3.05) is 12.3 Å². The highest BCUT2D eigenvalue weighted by molar-refractivity contribution is 5.92.